The maximum absolute atomic E-state index is 13.1. The van der Waals surface area contributed by atoms with Crippen LogP contribution in [0.4, 0.5) is 18.9 Å². The van der Waals surface area contributed by atoms with E-state index in [2.05, 4.69) is 51.1 Å². The van der Waals surface area contributed by atoms with Crippen LogP contribution >= 0.6 is 25.2 Å². The van der Waals surface area contributed by atoms with E-state index in [1.165, 1.54) is 6.07 Å². The molecule has 2 heterocycles. The molecule has 0 spiro atoms. The minimum atomic E-state index is -4.43. The molecule has 4 rings (SSSR count). The third-order valence-corrected chi connectivity index (χ3v) is 5.33. The first-order chi connectivity index (χ1) is 13.3. The third-order valence-electron chi connectivity index (χ3n) is 4.10. The van der Waals surface area contributed by atoms with Crippen molar-refractivity contribution in [3.63, 3.8) is 0 Å². The molecular formula is C17H12BrF3N5OP. The standard InChI is InChI=1S/C17H12BrF3N5OP/c18-12-2-1-10(6-11(12)17(19,20)21)22-7-9-4-13-8(5-15(9)28)3-14(27-13)16-23-25-26-24-16/h1-6,22H,7,28H2,(H,23,24,25,26). The van der Waals surface area contributed by atoms with Crippen molar-refractivity contribution in [1.82, 2.24) is 20.6 Å². The van der Waals surface area contributed by atoms with Crippen LogP contribution in [0.3, 0.4) is 0 Å². The molecule has 4 aromatic rings. The Labute approximate surface area is 167 Å². The zero-order chi connectivity index (χ0) is 19.9. The van der Waals surface area contributed by atoms with E-state index in [4.69, 9.17) is 4.42 Å². The van der Waals surface area contributed by atoms with Gasteiger partial charge in [-0.05, 0) is 52.5 Å². The summed E-state index contributed by atoms with van der Waals surface area (Å²) in [6, 6.07) is 9.58. The molecule has 0 radical (unpaired) electrons. The van der Waals surface area contributed by atoms with Gasteiger partial charge in [-0.2, -0.15) is 18.4 Å². The first-order valence-corrected chi connectivity index (χ1v) is 9.34. The molecule has 1 unspecified atom stereocenters. The number of tetrazole rings is 1. The van der Waals surface area contributed by atoms with Gasteiger partial charge in [-0.25, -0.2) is 0 Å². The van der Waals surface area contributed by atoms with Crippen molar-refractivity contribution in [3.8, 4) is 11.6 Å². The maximum atomic E-state index is 13.1. The highest BCUT2D eigenvalue weighted by atomic mass is 79.9. The molecule has 0 saturated heterocycles. The lowest BCUT2D eigenvalue weighted by Crippen LogP contribution is -2.10. The van der Waals surface area contributed by atoms with Crippen molar-refractivity contribution in [3.05, 3.63) is 52.0 Å². The molecule has 0 amide bonds. The Balaban J connectivity index is 1.59. The number of aromatic amines is 1. The molecule has 28 heavy (non-hydrogen) atoms. The van der Waals surface area contributed by atoms with Crippen molar-refractivity contribution < 1.29 is 17.6 Å². The van der Waals surface area contributed by atoms with E-state index in [1.54, 1.807) is 12.1 Å². The summed E-state index contributed by atoms with van der Waals surface area (Å²) < 4.78 is 44.9. The molecule has 0 saturated carbocycles. The van der Waals surface area contributed by atoms with Crippen LogP contribution in [0.15, 0.2) is 45.3 Å². The van der Waals surface area contributed by atoms with Gasteiger partial charge in [0.2, 0.25) is 5.82 Å². The number of alkyl halides is 3. The summed E-state index contributed by atoms with van der Waals surface area (Å²) in [5, 5.41) is 18.4. The largest absolute Gasteiger partial charge is 0.453 e. The molecule has 144 valence electrons. The average molecular weight is 470 g/mol. The Bertz CT molecular complexity index is 1140. The van der Waals surface area contributed by atoms with Crippen LogP contribution in [0.25, 0.3) is 22.6 Å². The first-order valence-electron chi connectivity index (χ1n) is 7.97. The fourth-order valence-corrected chi connectivity index (χ4v) is 3.56. The lowest BCUT2D eigenvalue weighted by Gasteiger charge is -2.13. The average Bonchev–Trinajstić information content (AvgIpc) is 3.29. The Morgan fingerprint density at radius 2 is 2.00 bits per heavy atom. The van der Waals surface area contributed by atoms with E-state index >= 15 is 0 Å². The van der Waals surface area contributed by atoms with E-state index in [-0.39, 0.29) is 4.47 Å². The number of aromatic nitrogens is 4. The summed E-state index contributed by atoms with van der Waals surface area (Å²) >= 11 is 2.94. The number of fused-ring (bicyclic) bond motifs is 1. The summed E-state index contributed by atoms with van der Waals surface area (Å²) in [5.41, 5.74) is 1.12. The van der Waals surface area contributed by atoms with E-state index in [9.17, 15) is 13.2 Å². The van der Waals surface area contributed by atoms with Crippen LogP contribution in [0.5, 0.6) is 0 Å². The van der Waals surface area contributed by atoms with Gasteiger partial charge in [0.15, 0.2) is 5.76 Å². The van der Waals surface area contributed by atoms with Crippen molar-refractivity contribution in [2.75, 3.05) is 5.32 Å². The second-order valence-electron chi connectivity index (χ2n) is 5.98. The predicted molar refractivity (Wildman–Crippen MR) is 105 cm³/mol. The molecule has 0 aliphatic heterocycles. The normalized spacial score (nSPS) is 11.9. The van der Waals surface area contributed by atoms with E-state index < -0.39 is 11.7 Å². The van der Waals surface area contributed by atoms with Gasteiger partial charge in [-0.15, -0.1) is 19.4 Å². The summed E-state index contributed by atoms with van der Waals surface area (Å²) in [6.45, 7) is 0.325. The summed E-state index contributed by atoms with van der Waals surface area (Å²) in [7, 11) is 2.62. The molecule has 2 N–H and O–H groups in total. The number of nitrogens with zero attached hydrogens (tertiary/aromatic N) is 3. The van der Waals surface area contributed by atoms with Gasteiger partial charge in [0.05, 0.1) is 5.56 Å². The fourth-order valence-electron chi connectivity index (χ4n) is 2.73. The quantitative estimate of drug-likeness (QED) is 0.430. The van der Waals surface area contributed by atoms with E-state index in [0.29, 0.717) is 29.4 Å². The number of hydrogen-bond acceptors (Lipinski definition) is 5. The van der Waals surface area contributed by atoms with Crippen LogP contribution in [0.2, 0.25) is 0 Å². The minimum Gasteiger partial charge on any atom is -0.453 e. The van der Waals surface area contributed by atoms with Gasteiger partial charge >= 0.3 is 6.18 Å². The minimum absolute atomic E-state index is 0.00304. The number of hydrogen-bond donors (Lipinski definition) is 2. The topological polar surface area (TPSA) is 79.6 Å². The lowest BCUT2D eigenvalue weighted by molar-refractivity contribution is -0.138. The number of benzene rings is 2. The van der Waals surface area contributed by atoms with Gasteiger partial charge in [0, 0.05) is 22.1 Å². The number of anilines is 1. The Morgan fingerprint density at radius 3 is 2.71 bits per heavy atom. The zero-order valence-corrected chi connectivity index (χ0v) is 16.8. The van der Waals surface area contributed by atoms with Crippen LogP contribution in [-0.2, 0) is 12.7 Å². The highest BCUT2D eigenvalue weighted by molar-refractivity contribution is 9.10. The zero-order valence-electron chi connectivity index (χ0n) is 14.0. The van der Waals surface area contributed by atoms with Crippen molar-refractivity contribution in [2.45, 2.75) is 12.7 Å². The van der Waals surface area contributed by atoms with Crippen LogP contribution in [0, 0.1) is 0 Å². The first kappa shape index (κ1) is 18.9. The Hall–Kier alpha value is -2.45. The van der Waals surface area contributed by atoms with Gasteiger partial charge < -0.3 is 9.73 Å². The molecule has 2 aromatic carbocycles. The van der Waals surface area contributed by atoms with Gasteiger partial charge in [0.25, 0.3) is 0 Å². The SMILES string of the molecule is FC(F)(F)c1cc(NCc2cc3oc(-c4nn[nH]n4)cc3cc2P)ccc1Br. The van der Waals surface area contributed by atoms with Crippen molar-refractivity contribution in [2.24, 2.45) is 0 Å². The summed E-state index contributed by atoms with van der Waals surface area (Å²) in [5.74, 6) is 0.816. The number of H-pyrrole nitrogens is 1. The number of nitrogens with one attached hydrogen (secondary N) is 2. The lowest BCUT2D eigenvalue weighted by atomic mass is 10.1. The molecule has 2 aromatic heterocycles. The van der Waals surface area contributed by atoms with Crippen molar-refractivity contribution in [1.29, 1.82) is 0 Å². The molecule has 0 aliphatic rings. The summed E-state index contributed by atoms with van der Waals surface area (Å²) in [6.07, 6.45) is -4.43. The Morgan fingerprint density at radius 1 is 1.18 bits per heavy atom. The van der Waals surface area contributed by atoms with E-state index in [0.717, 1.165) is 22.3 Å². The van der Waals surface area contributed by atoms with Gasteiger partial charge in [-0.1, -0.05) is 15.9 Å². The molecule has 0 bridgehead atoms. The van der Waals surface area contributed by atoms with E-state index in [1.807, 2.05) is 12.1 Å². The monoisotopic (exact) mass is 469 g/mol. The molecule has 11 heteroatoms. The molecule has 0 fully saturated rings. The molecule has 0 aliphatic carbocycles. The third kappa shape index (κ3) is 3.74. The summed E-state index contributed by atoms with van der Waals surface area (Å²) in [4.78, 5) is 0. The van der Waals surface area contributed by atoms with Crippen LogP contribution in [-0.4, -0.2) is 20.6 Å². The molecule has 6 nitrogen and oxygen atoms in total. The smallest absolute Gasteiger partial charge is 0.417 e. The van der Waals surface area contributed by atoms with Gasteiger partial charge in [-0.3, -0.25) is 0 Å². The Kier molecular flexibility index (Phi) is 4.84. The second kappa shape index (κ2) is 7.18. The predicted octanol–water partition coefficient (Wildman–Crippen LogP) is 4.51. The van der Waals surface area contributed by atoms with Crippen LogP contribution < -0.4 is 10.6 Å². The number of halogens is 4. The molecule has 1 atom stereocenters. The maximum Gasteiger partial charge on any atom is 0.417 e. The highest BCUT2D eigenvalue weighted by Gasteiger charge is 2.33. The second-order valence-corrected chi connectivity index (χ2v) is 7.46. The molecular weight excluding hydrogens is 458 g/mol. The highest BCUT2D eigenvalue weighted by Crippen LogP contribution is 2.36. The van der Waals surface area contributed by atoms with Crippen LogP contribution in [0.1, 0.15) is 11.1 Å². The van der Waals surface area contributed by atoms with Crippen molar-refractivity contribution >= 4 is 47.1 Å². The van der Waals surface area contributed by atoms with Gasteiger partial charge in [0.1, 0.15) is 5.58 Å². The fraction of sp³-hybridized carbons (Fsp3) is 0.118. The number of rotatable bonds is 4. The number of furan rings is 1.